The first-order valence-corrected chi connectivity index (χ1v) is 12.1. The molecular weight excluding hydrogens is 456 g/mol. The van der Waals surface area contributed by atoms with Gasteiger partial charge in [-0.1, -0.05) is 30.3 Å². The number of fused-ring (bicyclic) bond motifs is 2. The predicted octanol–water partition coefficient (Wildman–Crippen LogP) is 3.99. The third-order valence-electron chi connectivity index (χ3n) is 6.82. The fourth-order valence-corrected chi connectivity index (χ4v) is 4.94. The third kappa shape index (κ3) is 3.94. The van der Waals surface area contributed by atoms with E-state index in [9.17, 15) is 9.59 Å². The molecule has 2 aliphatic rings. The van der Waals surface area contributed by atoms with Crippen molar-refractivity contribution in [2.24, 2.45) is 0 Å². The molecule has 8 heteroatoms. The lowest BCUT2D eigenvalue weighted by Crippen LogP contribution is -2.31. The minimum atomic E-state index is -0.145. The molecule has 0 spiro atoms. The Bertz CT molecular complexity index is 1450. The highest BCUT2D eigenvalue weighted by atomic mass is 16.6. The second-order valence-corrected chi connectivity index (χ2v) is 9.07. The van der Waals surface area contributed by atoms with Crippen molar-refractivity contribution in [1.29, 1.82) is 0 Å². The number of imidazole rings is 1. The molecule has 1 aromatic heterocycles. The maximum atomic E-state index is 13.3. The van der Waals surface area contributed by atoms with Crippen LogP contribution in [0.5, 0.6) is 11.5 Å². The fourth-order valence-electron chi connectivity index (χ4n) is 4.94. The van der Waals surface area contributed by atoms with Gasteiger partial charge in [-0.05, 0) is 36.4 Å². The molecule has 1 saturated heterocycles. The van der Waals surface area contributed by atoms with Crippen molar-refractivity contribution in [2.45, 2.75) is 18.9 Å². The molecule has 182 valence electrons. The van der Waals surface area contributed by atoms with Crippen LogP contribution in [0.1, 0.15) is 18.2 Å². The van der Waals surface area contributed by atoms with E-state index in [2.05, 4.69) is 0 Å². The summed E-state index contributed by atoms with van der Waals surface area (Å²) in [7, 11) is 1.78. The topological polar surface area (TPSA) is 76.9 Å². The van der Waals surface area contributed by atoms with Crippen molar-refractivity contribution in [1.82, 2.24) is 9.55 Å². The molecule has 0 aliphatic carbocycles. The second kappa shape index (κ2) is 9.03. The molecule has 1 fully saturated rings. The van der Waals surface area contributed by atoms with Crippen molar-refractivity contribution in [3.8, 4) is 11.5 Å². The van der Waals surface area contributed by atoms with E-state index in [1.807, 2.05) is 77.4 Å². The van der Waals surface area contributed by atoms with E-state index in [0.29, 0.717) is 37.7 Å². The van der Waals surface area contributed by atoms with Gasteiger partial charge in [0.15, 0.2) is 11.5 Å². The molecular formula is C28H26N4O4. The van der Waals surface area contributed by atoms with Crippen LogP contribution in [0.3, 0.4) is 0 Å². The molecule has 8 nitrogen and oxygen atoms in total. The average Bonchev–Trinajstić information content (AvgIpc) is 3.49. The zero-order valence-electron chi connectivity index (χ0n) is 20.0. The summed E-state index contributed by atoms with van der Waals surface area (Å²) in [5.74, 6) is 1.90. The summed E-state index contributed by atoms with van der Waals surface area (Å²) >= 11 is 0. The second-order valence-electron chi connectivity index (χ2n) is 9.07. The van der Waals surface area contributed by atoms with E-state index in [1.165, 1.54) is 0 Å². The van der Waals surface area contributed by atoms with Crippen LogP contribution < -0.4 is 19.3 Å². The molecule has 3 heterocycles. The molecule has 0 saturated carbocycles. The molecule has 6 rings (SSSR count). The first-order valence-electron chi connectivity index (χ1n) is 12.1. The number of hydrogen-bond donors (Lipinski definition) is 0. The Hall–Kier alpha value is -4.33. The van der Waals surface area contributed by atoms with Crippen molar-refractivity contribution < 1.29 is 19.1 Å². The van der Waals surface area contributed by atoms with Gasteiger partial charge < -0.3 is 23.8 Å². The summed E-state index contributed by atoms with van der Waals surface area (Å²) < 4.78 is 13.3. The maximum absolute atomic E-state index is 13.3. The summed E-state index contributed by atoms with van der Waals surface area (Å²) in [6, 6.07) is 22.9. The number of para-hydroxylation sites is 3. The van der Waals surface area contributed by atoms with Gasteiger partial charge in [-0.3, -0.25) is 9.59 Å². The number of ether oxygens (including phenoxy) is 2. The highest BCUT2D eigenvalue weighted by Gasteiger charge is 2.35. The first-order chi connectivity index (χ1) is 17.6. The molecule has 4 aromatic rings. The standard InChI is InChI=1S/C28H26N4O4/c1-30(20-7-3-2-4-8-20)27(34)18-32-23-10-6-5-9-22(23)29-28(32)19-15-26(33)31(17-19)21-11-12-24-25(16-21)36-14-13-35-24/h2-12,16,19H,13-15,17-18H2,1H3. The summed E-state index contributed by atoms with van der Waals surface area (Å²) in [4.78, 5) is 34.7. The highest BCUT2D eigenvalue weighted by Crippen LogP contribution is 2.38. The molecule has 1 atom stereocenters. The SMILES string of the molecule is CN(C(=O)Cn1c(C2CC(=O)N(c3ccc4c(c3)OCCO4)C2)nc2ccccc21)c1ccccc1. The Balaban J connectivity index is 1.30. The Morgan fingerprint density at radius 1 is 1.00 bits per heavy atom. The Kier molecular flexibility index (Phi) is 5.56. The van der Waals surface area contributed by atoms with Gasteiger partial charge in [0, 0.05) is 43.4 Å². The average molecular weight is 483 g/mol. The maximum Gasteiger partial charge on any atom is 0.246 e. The van der Waals surface area contributed by atoms with E-state index in [4.69, 9.17) is 14.5 Å². The largest absolute Gasteiger partial charge is 0.486 e. The number of amides is 2. The number of benzene rings is 3. The summed E-state index contributed by atoms with van der Waals surface area (Å²) in [5, 5.41) is 0. The lowest BCUT2D eigenvalue weighted by atomic mass is 10.1. The molecule has 0 N–H and O–H groups in total. The lowest BCUT2D eigenvalue weighted by molar-refractivity contribution is -0.119. The Morgan fingerprint density at radius 2 is 1.75 bits per heavy atom. The summed E-state index contributed by atoms with van der Waals surface area (Å²) in [6.45, 7) is 1.62. The van der Waals surface area contributed by atoms with E-state index in [-0.39, 0.29) is 24.3 Å². The van der Waals surface area contributed by atoms with Gasteiger partial charge in [-0.15, -0.1) is 0 Å². The lowest BCUT2D eigenvalue weighted by Gasteiger charge is -2.22. The normalized spacial score (nSPS) is 17.0. The van der Waals surface area contributed by atoms with E-state index < -0.39 is 0 Å². The van der Waals surface area contributed by atoms with Crippen LogP contribution in [0.2, 0.25) is 0 Å². The van der Waals surface area contributed by atoms with E-state index in [1.54, 1.807) is 16.8 Å². The zero-order valence-corrected chi connectivity index (χ0v) is 20.0. The van der Waals surface area contributed by atoms with Gasteiger partial charge in [0.1, 0.15) is 25.6 Å². The van der Waals surface area contributed by atoms with Crippen LogP contribution in [-0.4, -0.2) is 48.2 Å². The number of carbonyl (C=O) groups is 2. The molecule has 36 heavy (non-hydrogen) atoms. The van der Waals surface area contributed by atoms with Crippen LogP contribution in [-0.2, 0) is 16.1 Å². The summed E-state index contributed by atoms with van der Waals surface area (Å²) in [6.07, 6.45) is 0.320. The van der Waals surface area contributed by atoms with E-state index >= 15 is 0 Å². The highest BCUT2D eigenvalue weighted by molar-refractivity contribution is 5.97. The Morgan fingerprint density at radius 3 is 2.58 bits per heavy atom. The van der Waals surface area contributed by atoms with Crippen LogP contribution in [0.15, 0.2) is 72.8 Å². The molecule has 1 unspecified atom stereocenters. The molecule has 0 radical (unpaired) electrons. The number of rotatable bonds is 5. The monoisotopic (exact) mass is 482 g/mol. The molecule has 0 bridgehead atoms. The van der Waals surface area contributed by atoms with Crippen molar-refractivity contribution in [3.05, 3.63) is 78.6 Å². The molecule has 3 aromatic carbocycles. The third-order valence-corrected chi connectivity index (χ3v) is 6.82. The minimum absolute atomic E-state index is 0.0167. The van der Waals surface area contributed by atoms with Crippen LogP contribution in [0, 0.1) is 0 Å². The number of aromatic nitrogens is 2. The molecule has 2 amide bonds. The molecule has 2 aliphatic heterocycles. The van der Waals surface area contributed by atoms with Gasteiger partial charge >= 0.3 is 0 Å². The van der Waals surface area contributed by atoms with Crippen molar-refractivity contribution >= 4 is 34.2 Å². The number of nitrogens with zero attached hydrogens (tertiary/aromatic N) is 4. The van der Waals surface area contributed by atoms with Gasteiger partial charge in [0.05, 0.1) is 11.0 Å². The number of anilines is 2. The first kappa shape index (κ1) is 22.2. The van der Waals surface area contributed by atoms with Gasteiger partial charge in [0.25, 0.3) is 0 Å². The Labute approximate surface area is 208 Å². The summed E-state index contributed by atoms with van der Waals surface area (Å²) in [5.41, 5.74) is 3.30. The fraction of sp³-hybridized carbons (Fsp3) is 0.250. The minimum Gasteiger partial charge on any atom is -0.486 e. The zero-order chi connectivity index (χ0) is 24.6. The van der Waals surface area contributed by atoms with Gasteiger partial charge in [-0.25, -0.2) is 4.98 Å². The van der Waals surface area contributed by atoms with Gasteiger partial charge in [-0.2, -0.15) is 0 Å². The number of carbonyl (C=O) groups excluding carboxylic acids is 2. The van der Waals surface area contributed by atoms with E-state index in [0.717, 1.165) is 28.2 Å². The van der Waals surface area contributed by atoms with Gasteiger partial charge in [0.2, 0.25) is 11.8 Å². The van der Waals surface area contributed by atoms with Crippen molar-refractivity contribution in [2.75, 3.05) is 36.6 Å². The van der Waals surface area contributed by atoms with Crippen LogP contribution in [0.25, 0.3) is 11.0 Å². The quantitative estimate of drug-likeness (QED) is 0.430. The van der Waals surface area contributed by atoms with Crippen molar-refractivity contribution in [3.63, 3.8) is 0 Å². The number of likely N-dealkylation sites (N-methyl/N-ethyl adjacent to an activating group) is 1. The predicted molar refractivity (Wildman–Crippen MR) is 137 cm³/mol. The van der Waals surface area contributed by atoms with Crippen LogP contribution in [0.4, 0.5) is 11.4 Å². The number of hydrogen-bond acceptors (Lipinski definition) is 5. The van der Waals surface area contributed by atoms with Crippen LogP contribution >= 0.6 is 0 Å². The smallest absolute Gasteiger partial charge is 0.246 e.